The van der Waals surface area contributed by atoms with Crippen molar-refractivity contribution in [2.75, 3.05) is 26.2 Å². The van der Waals surface area contributed by atoms with Crippen molar-refractivity contribution < 1.29 is 9.21 Å². The van der Waals surface area contributed by atoms with Gasteiger partial charge in [0.2, 0.25) is 0 Å². The van der Waals surface area contributed by atoms with Gasteiger partial charge in [0.1, 0.15) is 0 Å². The molecule has 3 rings (SSSR count). The summed E-state index contributed by atoms with van der Waals surface area (Å²) in [6.07, 6.45) is 6.39. The van der Waals surface area contributed by atoms with Crippen molar-refractivity contribution in [3.8, 4) is 0 Å². The number of carbonyl (C=O) groups excluding carboxylic acids is 1. The summed E-state index contributed by atoms with van der Waals surface area (Å²) in [7, 11) is 0. The lowest BCUT2D eigenvalue weighted by molar-refractivity contribution is 0.0469. The fourth-order valence-corrected chi connectivity index (χ4v) is 3.38. The molecule has 4 nitrogen and oxygen atoms in total. The molecule has 1 spiro atoms. The van der Waals surface area contributed by atoms with E-state index >= 15 is 0 Å². The van der Waals surface area contributed by atoms with E-state index in [1.54, 1.807) is 6.26 Å². The molecular formula is C15H22N2O2. The number of furan rings is 1. The van der Waals surface area contributed by atoms with E-state index < -0.39 is 0 Å². The van der Waals surface area contributed by atoms with Crippen LogP contribution in [0.4, 0.5) is 0 Å². The number of nitrogens with zero attached hydrogens (tertiary/aromatic N) is 1. The van der Waals surface area contributed by atoms with Crippen LogP contribution in [0.2, 0.25) is 0 Å². The molecule has 1 aromatic heterocycles. The maximum absolute atomic E-state index is 12.4. The highest BCUT2D eigenvalue weighted by atomic mass is 16.3. The number of aryl methyl sites for hydroxylation is 1. The molecule has 1 amide bonds. The molecule has 0 radical (unpaired) electrons. The summed E-state index contributed by atoms with van der Waals surface area (Å²) in [5, 5.41) is 3.42. The highest BCUT2D eigenvalue weighted by Gasteiger charge is 2.37. The van der Waals surface area contributed by atoms with Gasteiger partial charge < -0.3 is 14.6 Å². The topological polar surface area (TPSA) is 45.5 Å². The lowest BCUT2D eigenvalue weighted by atomic mass is 9.71. The molecule has 3 heterocycles. The molecule has 1 N–H and O–H groups in total. The SMILES string of the molecule is Cc1ccoc1C(=O)N1CCC2(CCNCC2)CC1. The Labute approximate surface area is 114 Å². The van der Waals surface area contributed by atoms with Crippen molar-refractivity contribution in [3.05, 3.63) is 23.7 Å². The molecule has 2 aliphatic heterocycles. The van der Waals surface area contributed by atoms with Gasteiger partial charge in [-0.15, -0.1) is 0 Å². The van der Waals surface area contributed by atoms with E-state index in [1.165, 1.54) is 12.8 Å². The Hall–Kier alpha value is -1.29. The quantitative estimate of drug-likeness (QED) is 0.844. The number of piperidine rings is 2. The Bertz CT molecular complexity index is 450. The Morgan fingerprint density at radius 3 is 2.53 bits per heavy atom. The Balaban J connectivity index is 1.64. The average Bonchev–Trinajstić information content (AvgIpc) is 2.86. The zero-order chi connectivity index (χ0) is 13.3. The van der Waals surface area contributed by atoms with Gasteiger partial charge in [0, 0.05) is 18.7 Å². The molecular weight excluding hydrogens is 240 g/mol. The monoisotopic (exact) mass is 262 g/mol. The molecule has 0 bridgehead atoms. The fourth-order valence-electron chi connectivity index (χ4n) is 3.38. The van der Waals surface area contributed by atoms with E-state index in [-0.39, 0.29) is 5.91 Å². The molecule has 0 atom stereocenters. The van der Waals surface area contributed by atoms with Crippen molar-refractivity contribution in [1.29, 1.82) is 0 Å². The van der Waals surface area contributed by atoms with Gasteiger partial charge in [-0.05, 0) is 57.2 Å². The van der Waals surface area contributed by atoms with Gasteiger partial charge in [-0.25, -0.2) is 0 Å². The van der Waals surface area contributed by atoms with Gasteiger partial charge >= 0.3 is 0 Å². The average molecular weight is 262 g/mol. The summed E-state index contributed by atoms with van der Waals surface area (Å²) in [6, 6.07) is 1.85. The highest BCUT2D eigenvalue weighted by molar-refractivity contribution is 5.92. The number of nitrogens with one attached hydrogen (secondary N) is 1. The van der Waals surface area contributed by atoms with Crippen LogP contribution in [0, 0.1) is 12.3 Å². The summed E-state index contributed by atoms with van der Waals surface area (Å²) in [5.41, 5.74) is 1.42. The highest BCUT2D eigenvalue weighted by Crippen LogP contribution is 2.39. The van der Waals surface area contributed by atoms with Crippen molar-refractivity contribution in [2.24, 2.45) is 5.41 Å². The number of hydrogen-bond donors (Lipinski definition) is 1. The van der Waals surface area contributed by atoms with E-state index in [0.29, 0.717) is 11.2 Å². The minimum atomic E-state index is 0.0614. The third-order valence-corrected chi connectivity index (χ3v) is 4.83. The lowest BCUT2D eigenvalue weighted by Crippen LogP contribution is -2.47. The van der Waals surface area contributed by atoms with E-state index in [4.69, 9.17) is 4.42 Å². The molecule has 0 unspecified atom stereocenters. The maximum atomic E-state index is 12.4. The van der Waals surface area contributed by atoms with Crippen LogP contribution in [0.3, 0.4) is 0 Å². The Kier molecular flexibility index (Phi) is 3.35. The van der Waals surface area contributed by atoms with Crippen molar-refractivity contribution in [3.63, 3.8) is 0 Å². The van der Waals surface area contributed by atoms with Crippen LogP contribution in [0.5, 0.6) is 0 Å². The second kappa shape index (κ2) is 5.00. The van der Waals surface area contributed by atoms with E-state index in [1.807, 2.05) is 17.9 Å². The molecule has 0 aliphatic carbocycles. The molecule has 2 fully saturated rings. The first kappa shape index (κ1) is 12.7. The van der Waals surface area contributed by atoms with Crippen molar-refractivity contribution in [1.82, 2.24) is 10.2 Å². The first-order valence-electron chi connectivity index (χ1n) is 7.24. The predicted molar refractivity (Wildman–Crippen MR) is 73.1 cm³/mol. The summed E-state index contributed by atoms with van der Waals surface area (Å²) in [6.45, 7) is 5.93. The van der Waals surface area contributed by atoms with Gasteiger partial charge in [0.25, 0.3) is 5.91 Å². The van der Waals surface area contributed by atoms with Crippen LogP contribution in [-0.4, -0.2) is 37.0 Å². The molecule has 0 saturated carbocycles. The fraction of sp³-hybridized carbons (Fsp3) is 0.667. The van der Waals surface area contributed by atoms with Crippen LogP contribution in [0.25, 0.3) is 0 Å². The molecule has 19 heavy (non-hydrogen) atoms. The lowest BCUT2D eigenvalue weighted by Gasteiger charge is -2.44. The number of likely N-dealkylation sites (tertiary alicyclic amines) is 1. The van der Waals surface area contributed by atoms with Gasteiger partial charge in [-0.2, -0.15) is 0 Å². The molecule has 2 saturated heterocycles. The predicted octanol–water partition coefficient (Wildman–Crippen LogP) is 2.19. The summed E-state index contributed by atoms with van der Waals surface area (Å²) in [4.78, 5) is 14.3. The molecule has 4 heteroatoms. The third-order valence-electron chi connectivity index (χ3n) is 4.83. The second-order valence-electron chi connectivity index (χ2n) is 5.97. The standard InChI is InChI=1S/C15H22N2O2/c1-12-2-11-19-13(12)14(18)17-9-5-15(6-10-17)3-7-16-8-4-15/h2,11,16H,3-10H2,1H3. The molecule has 1 aromatic rings. The Morgan fingerprint density at radius 2 is 1.95 bits per heavy atom. The number of carbonyl (C=O) groups is 1. The van der Waals surface area contributed by atoms with Gasteiger partial charge in [-0.3, -0.25) is 4.79 Å². The van der Waals surface area contributed by atoms with Gasteiger partial charge in [0.05, 0.1) is 6.26 Å². The molecule has 0 aromatic carbocycles. The largest absolute Gasteiger partial charge is 0.459 e. The summed E-state index contributed by atoms with van der Waals surface area (Å²) in [5.74, 6) is 0.576. The van der Waals surface area contributed by atoms with Gasteiger partial charge in [-0.1, -0.05) is 0 Å². The van der Waals surface area contributed by atoms with Crippen molar-refractivity contribution in [2.45, 2.75) is 32.6 Å². The number of amides is 1. The van der Waals surface area contributed by atoms with Crippen LogP contribution in [0.1, 0.15) is 41.8 Å². The number of hydrogen-bond acceptors (Lipinski definition) is 3. The summed E-state index contributed by atoms with van der Waals surface area (Å²) >= 11 is 0. The van der Waals surface area contributed by atoms with Crippen LogP contribution >= 0.6 is 0 Å². The second-order valence-corrected chi connectivity index (χ2v) is 5.97. The zero-order valence-corrected chi connectivity index (χ0v) is 11.6. The van der Waals surface area contributed by atoms with Crippen LogP contribution in [-0.2, 0) is 0 Å². The molecule has 2 aliphatic rings. The smallest absolute Gasteiger partial charge is 0.289 e. The number of rotatable bonds is 1. The van der Waals surface area contributed by atoms with Crippen LogP contribution < -0.4 is 5.32 Å². The van der Waals surface area contributed by atoms with E-state index in [9.17, 15) is 4.79 Å². The third kappa shape index (κ3) is 2.41. The van der Waals surface area contributed by atoms with Gasteiger partial charge in [0.15, 0.2) is 5.76 Å². The van der Waals surface area contributed by atoms with Crippen molar-refractivity contribution >= 4 is 5.91 Å². The first-order valence-corrected chi connectivity index (χ1v) is 7.24. The normalized spacial score (nSPS) is 22.7. The Morgan fingerprint density at radius 1 is 1.26 bits per heavy atom. The van der Waals surface area contributed by atoms with E-state index in [2.05, 4.69) is 5.32 Å². The first-order chi connectivity index (χ1) is 9.20. The minimum Gasteiger partial charge on any atom is -0.459 e. The maximum Gasteiger partial charge on any atom is 0.289 e. The van der Waals surface area contributed by atoms with E-state index in [0.717, 1.165) is 44.6 Å². The zero-order valence-electron chi connectivity index (χ0n) is 11.6. The van der Waals surface area contributed by atoms with Crippen LogP contribution in [0.15, 0.2) is 16.7 Å². The summed E-state index contributed by atoms with van der Waals surface area (Å²) < 4.78 is 5.32. The molecule has 104 valence electrons. The minimum absolute atomic E-state index is 0.0614.